The van der Waals surface area contributed by atoms with Gasteiger partial charge in [0.1, 0.15) is 6.04 Å². The smallest absolute Gasteiger partial charge is 0.141 e. The first-order chi connectivity index (χ1) is 7.90. The van der Waals surface area contributed by atoms with Crippen molar-refractivity contribution in [1.29, 1.82) is 5.26 Å². The van der Waals surface area contributed by atoms with Crippen LogP contribution in [0.1, 0.15) is 11.6 Å². The van der Waals surface area contributed by atoms with E-state index in [1.165, 1.54) is 0 Å². The van der Waals surface area contributed by atoms with Crippen molar-refractivity contribution in [2.45, 2.75) is 6.04 Å². The molecule has 1 atom stereocenters. The van der Waals surface area contributed by atoms with E-state index in [4.69, 9.17) is 5.26 Å². The molecule has 1 N–H and O–H groups in total. The molecular weight excluding hydrogens is 198 g/mol. The van der Waals surface area contributed by atoms with E-state index in [-0.39, 0.29) is 6.04 Å². The SMILES string of the molecule is N#C[C@H](Nc1ccccc1)c1cccnc1. The highest BCUT2D eigenvalue weighted by atomic mass is 14.9. The molecule has 0 radical (unpaired) electrons. The molecule has 1 heterocycles. The lowest BCUT2D eigenvalue weighted by atomic mass is 10.1. The van der Waals surface area contributed by atoms with Gasteiger partial charge in [-0.15, -0.1) is 0 Å². The Morgan fingerprint density at radius 1 is 1.12 bits per heavy atom. The number of aromatic nitrogens is 1. The van der Waals surface area contributed by atoms with Gasteiger partial charge in [0.05, 0.1) is 6.07 Å². The zero-order chi connectivity index (χ0) is 11.2. The Hall–Kier alpha value is -2.34. The van der Waals surface area contributed by atoms with Crippen molar-refractivity contribution in [2.75, 3.05) is 5.32 Å². The molecule has 0 saturated carbocycles. The Labute approximate surface area is 94.4 Å². The topological polar surface area (TPSA) is 48.7 Å². The van der Waals surface area contributed by atoms with E-state index in [0.29, 0.717) is 0 Å². The lowest BCUT2D eigenvalue weighted by molar-refractivity contribution is 0.982. The van der Waals surface area contributed by atoms with Gasteiger partial charge in [-0.25, -0.2) is 0 Å². The van der Waals surface area contributed by atoms with Gasteiger partial charge in [0.2, 0.25) is 0 Å². The number of anilines is 1. The van der Waals surface area contributed by atoms with Gasteiger partial charge in [0.15, 0.2) is 0 Å². The molecule has 3 heteroatoms. The average molecular weight is 209 g/mol. The van der Waals surface area contributed by atoms with Crippen molar-refractivity contribution in [1.82, 2.24) is 4.98 Å². The first kappa shape index (κ1) is 10.2. The van der Waals surface area contributed by atoms with Crippen LogP contribution in [0.25, 0.3) is 0 Å². The molecule has 0 saturated heterocycles. The maximum absolute atomic E-state index is 9.10. The normalized spacial score (nSPS) is 11.4. The number of para-hydroxylation sites is 1. The number of nitrogens with zero attached hydrogens (tertiary/aromatic N) is 2. The summed E-state index contributed by atoms with van der Waals surface area (Å²) >= 11 is 0. The third-order valence-corrected chi connectivity index (χ3v) is 2.23. The van der Waals surface area contributed by atoms with E-state index in [9.17, 15) is 0 Å². The minimum atomic E-state index is -0.365. The molecule has 2 aromatic rings. The number of hydrogen-bond donors (Lipinski definition) is 1. The summed E-state index contributed by atoms with van der Waals surface area (Å²) in [4.78, 5) is 4.00. The minimum absolute atomic E-state index is 0.365. The number of benzene rings is 1. The first-order valence-electron chi connectivity index (χ1n) is 5.01. The van der Waals surface area contributed by atoms with Crippen LogP contribution < -0.4 is 5.32 Å². The Balaban J connectivity index is 2.17. The Morgan fingerprint density at radius 2 is 1.94 bits per heavy atom. The molecule has 1 aromatic heterocycles. The van der Waals surface area contributed by atoms with Gasteiger partial charge in [-0.3, -0.25) is 4.98 Å². The fourth-order valence-corrected chi connectivity index (χ4v) is 1.44. The lowest BCUT2D eigenvalue weighted by Crippen LogP contribution is -2.08. The summed E-state index contributed by atoms with van der Waals surface area (Å²) in [6.07, 6.45) is 3.39. The Morgan fingerprint density at radius 3 is 2.56 bits per heavy atom. The van der Waals surface area contributed by atoms with Gasteiger partial charge < -0.3 is 5.32 Å². The van der Waals surface area contributed by atoms with Gasteiger partial charge in [0, 0.05) is 23.6 Å². The fourth-order valence-electron chi connectivity index (χ4n) is 1.44. The van der Waals surface area contributed by atoms with Crippen molar-refractivity contribution in [3.63, 3.8) is 0 Å². The van der Waals surface area contributed by atoms with Crippen molar-refractivity contribution in [3.05, 3.63) is 60.4 Å². The van der Waals surface area contributed by atoms with Crippen LogP contribution in [0, 0.1) is 11.3 Å². The summed E-state index contributed by atoms with van der Waals surface area (Å²) in [5.41, 5.74) is 1.80. The maximum atomic E-state index is 9.10. The maximum Gasteiger partial charge on any atom is 0.141 e. The van der Waals surface area contributed by atoms with Crippen LogP contribution >= 0.6 is 0 Å². The van der Waals surface area contributed by atoms with Gasteiger partial charge >= 0.3 is 0 Å². The minimum Gasteiger partial charge on any atom is -0.366 e. The van der Waals surface area contributed by atoms with Crippen LogP contribution in [0.15, 0.2) is 54.9 Å². The highest BCUT2D eigenvalue weighted by Crippen LogP contribution is 2.17. The highest BCUT2D eigenvalue weighted by Gasteiger charge is 2.09. The summed E-state index contributed by atoms with van der Waals surface area (Å²) in [5.74, 6) is 0. The predicted octanol–water partition coefficient (Wildman–Crippen LogP) is 2.76. The van der Waals surface area contributed by atoms with Gasteiger partial charge in [-0.2, -0.15) is 5.26 Å². The van der Waals surface area contributed by atoms with Crippen molar-refractivity contribution >= 4 is 5.69 Å². The summed E-state index contributed by atoms with van der Waals surface area (Å²) < 4.78 is 0. The summed E-state index contributed by atoms with van der Waals surface area (Å²) in [5, 5.41) is 12.2. The number of rotatable bonds is 3. The second-order valence-electron chi connectivity index (χ2n) is 3.36. The zero-order valence-electron chi connectivity index (χ0n) is 8.67. The number of nitriles is 1. The van der Waals surface area contributed by atoms with Crippen molar-refractivity contribution in [3.8, 4) is 6.07 Å². The number of nitrogens with one attached hydrogen (secondary N) is 1. The predicted molar refractivity (Wildman–Crippen MR) is 62.7 cm³/mol. The fraction of sp³-hybridized carbons (Fsp3) is 0.0769. The molecule has 0 fully saturated rings. The molecular formula is C13H11N3. The van der Waals surface area contributed by atoms with Crippen LogP contribution in [0.5, 0.6) is 0 Å². The largest absolute Gasteiger partial charge is 0.366 e. The standard InChI is InChI=1S/C13H11N3/c14-9-13(11-5-4-8-15-10-11)16-12-6-2-1-3-7-12/h1-8,10,13,16H/t13-/m0/s1. The van der Waals surface area contributed by atoms with E-state index >= 15 is 0 Å². The first-order valence-corrected chi connectivity index (χ1v) is 5.01. The molecule has 0 bridgehead atoms. The van der Waals surface area contributed by atoms with E-state index in [1.807, 2.05) is 42.5 Å². The monoisotopic (exact) mass is 209 g/mol. The summed E-state index contributed by atoms with van der Waals surface area (Å²) in [6, 6.07) is 15.2. The molecule has 0 amide bonds. The van der Waals surface area contributed by atoms with Crippen LogP contribution in [-0.2, 0) is 0 Å². The van der Waals surface area contributed by atoms with Crippen LogP contribution in [0.3, 0.4) is 0 Å². The van der Waals surface area contributed by atoms with Crippen LogP contribution in [0.2, 0.25) is 0 Å². The molecule has 3 nitrogen and oxygen atoms in total. The molecule has 0 spiro atoms. The van der Waals surface area contributed by atoms with E-state index < -0.39 is 0 Å². The molecule has 16 heavy (non-hydrogen) atoms. The molecule has 1 aromatic carbocycles. The molecule has 0 aliphatic carbocycles. The van der Waals surface area contributed by atoms with E-state index in [0.717, 1.165) is 11.3 Å². The van der Waals surface area contributed by atoms with Gasteiger partial charge in [-0.1, -0.05) is 24.3 Å². The van der Waals surface area contributed by atoms with E-state index in [1.54, 1.807) is 12.4 Å². The second-order valence-corrected chi connectivity index (χ2v) is 3.36. The second kappa shape index (κ2) is 4.94. The molecule has 2 rings (SSSR count). The molecule has 0 unspecified atom stereocenters. The van der Waals surface area contributed by atoms with Crippen LogP contribution in [0.4, 0.5) is 5.69 Å². The molecule has 0 aliphatic heterocycles. The third kappa shape index (κ3) is 2.37. The third-order valence-electron chi connectivity index (χ3n) is 2.23. The van der Waals surface area contributed by atoms with Crippen molar-refractivity contribution in [2.24, 2.45) is 0 Å². The Bertz CT molecular complexity index is 474. The zero-order valence-corrected chi connectivity index (χ0v) is 8.67. The Kier molecular flexibility index (Phi) is 3.15. The van der Waals surface area contributed by atoms with Gasteiger partial charge in [-0.05, 0) is 18.2 Å². The van der Waals surface area contributed by atoms with Crippen LogP contribution in [-0.4, -0.2) is 4.98 Å². The highest BCUT2D eigenvalue weighted by molar-refractivity contribution is 5.46. The van der Waals surface area contributed by atoms with Gasteiger partial charge in [0.25, 0.3) is 0 Å². The number of hydrogen-bond acceptors (Lipinski definition) is 3. The summed E-state index contributed by atoms with van der Waals surface area (Å²) in [7, 11) is 0. The molecule has 0 aliphatic rings. The molecule has 78 valence electrons. The lowest BCUT2D eigenvalue weighted by Gasteiger charge is -2.12. The van der Waals surface area contributed by atoms with E-state index in [2.05, 4.69) is 16.4 Å². The quantitative estimate of drug-likeness (QED) is 0.845. The average Bonchev–Trinajstić information content (AvgIpc) is 2.38. The number of pyridine rings is 1. The van der Waals surface area contributed by atoms with Crippen molar-refractivity contribution < 1.29 is 0 Å². The summed E-state index contributed by atoms with van der Waals surface area (Å²) in [6.45, 7) is 0.